The van der Waals surface area contributed by atoms with Crippen LogP contribution in [0.2, 0.25) is 5.02 Å². The van der Waals surface area contributed by atoms with Crippen molar-refractivity contribution in [2.24, 2.45) is 7.05 Å². The number of nitrogens with zero attached hydrogens (tertiary/aromatic N) is 4. The van der Waals surface area contributed by atoms with Crippen molar-refractivity contribution in [3.05, 3.63) is 58.1 Å². The fourth-order valence-corrected chi connectivity index (χ4v) is 2.74. The zero-order valence-corrected chi connectivity index (χ0v) is 16.7. The normalized spacial score (nSPS) is 11.2. The molecule has 9 nitrogen and oxygen atoms in total. The molecule has 0 unspecified atom stereocenters. The number of alkyl halides is 3. The predicted octanol–water partition coefficient (Wildman–Crippen LogP) is 3.58. The number of hydrogen-bond donors (Lipinski definition) is 2. The number of ether oxygens (including phenoxy) is 1. The molecular formula is C18H14ClF3N6O3. The molecule has 1 aromatic heterocycles. The van der Waals surface area contributed by atoms with E-state index in [2.05, 4.69) is 30.9 Å². The number of benzene rings is 2. The Hall–Kier alpha value is -3.67. The maximum absolute atomic E-state index is 12.8. The molecule has 0 fully saturated rings. The third-order valence-corrected chi connectivity index (χ3v) is 4.36. The van der Waals surface area contributed by atoms with Crippen LogP contribution in [0.5, 0.6) is 5.75 Å². The lowest BCUT2D eigenvalue weighted by molar-refractivity contribution is -0.274. The van der Waals surface area contributed by atoms with E-state index in [1.807, 2.05) is 6.92 Å². The van der Waals surface area contributed by atoms with Gasteiger partial charge in [0.15, 0.2) is 5.75 Å². The van der Waals surface area contributed by atoms with Crippen LogP contribution in [0.4, 0.5) is 24.8 Å². The number of aromatic nitrogens is 4. The molecule has 2 amide bonds. The molecular weight excluding hydrogens is 441 g/mol. The topological polar surface area (TPSA) is 111 Å². The molecule has 1 heterocycles. The average molecular weight is 455 g/mol. The van der Waals surface area contributed by atoms with Crippen LogP contribution >= 0.6 is 11.6 Å². The number of anilines is 2. The van der Waals surface area contributed by atoms with Crippen LogP contribution in [0.3, 0.4) is 0 Å². The lowest BCUT2D eigenvalue weighted by Gasteiger charge is -2.17. The van der Waals surface area contributed by atoms with Crippen LogP contribution in [0.15, 0.2) is 36.4 Å². The first-order valence-corrected chi connectivity index (χ1v) is 8.93. The quantitative estimate of drug-likeness (QED) is 0.609. The van der Waals surface area contributed by atoms with E-state index in [1.165, 1.54) is 19.2 Å². The summed E-state index contributed by atoms with van der Waals surface area (Å²) in [6, 6.07) is 8.17. The van der Waals surface area contributed by atoms with E-state index >= 15 is 0 Å². The van der Waals surface area contributed by atoms with Crippen molar-refractivity contribution in [2.75, 3.05) is 10.6 Å². The van der Waals surface area contributed by atoms with Crippen LogP contribution < -0.4 is 15.4 Å². The Kier molecular flexibility index (Phi) is 6.11. The Labute approximate surface area is 178 Å². The van der Waals surface area contributed by atoms with Gasteiger partial charge in [-0.2, -0.15) is 0 Å². The molecule has 162 valence electrons. The summed E-state index contributed by atoms with van der Waals surface area (Å²) in [5.41, 5.74) is 0.291. The molecule has 0 aliphatic carbocycles. The summed E-state index contributed by atoms with van der Waals surface area (Å²) in [7, 11) is 1.46. The van der Waals surface area contributed by atoms with Gasteiger partial charge < -0.3 is 10.1 Å². The minimum Gasteiger partial charge on any atom is -0.404 e. The Bertz CT molecular complexity index is 1130. The lowest BCUT2D eigenvalue weighted by Crippen LogP contribution is -2.21. The molecule has 3 aromatic rings. The molecule has 2 aromatic carbocycles. The fourth-order valence-electron chi connectivity index (χ4n) is 2.45. The standard InChI is InChI=1S/C18H14ClF3N6O3/c1-9-3-5-10(6-4-9)15(29)23-14-12(31-18(20,21)22)8-7-11(13(14)19)16(30)24-17-25-26-27-28(17)2/h3-8H,1-2H3,(H,23,29)(H,24,25,27,30). The number of hydrogen-bond acceptors (Lipinski definition) is 6. The van der Waals surface area contributed by atoms with Gasteiger partial charge in [0.05, 0.1) is 10.6 Å². The van der Waals surface area contributed by atoms with Gasteiger partial charge >= 0.3 is 6.36 Å². The largest absolute Gasteiger partial charge is 0.573 e. The molecule has 0 saturated heterocycles. The Balaban J connectivity index is 1.97. The summed E-state index contributed by atoms with van der Waals surface area (Å²) in [6.07, 6.45) is -5.05. The van der Waals surface area contributed by atoms with E-state index in [-0.39, 0.29) is 17.1 Å². The van der Waals surface area contributed by atoms with Crippen LogP contribution in [-0.4, -0.2) is 38.4 Å². The molecule has 31 heavy (non-hydrogen) atoms. The number of tetrazole rings is 1. The molecule has 0 saturated carbocycles. The molecule has 0 aliphatic heterocycles. The SMILES string of the molecule is Cc1ccc(C(=O)Nc2c(OC(F)(F)F)ccc(C(=O)Nc3nnnn3C)c2Cl)cc1. The smallest absolute Gasteiger partial charge is 0.404 e. The molecule has 0 bridgehead atoms. The van der Waals surface area contributed by atoms with Crippen LogP contribution in [-0.2, 0) is 7.05 Å². The molecule has 0 atom stereocenters. The van der Waals surface area contributed by atoms with Crippen LogP contribution in [0, 0.1) is 6.92 Å². The van der Waals surface area contributed by atoms with E-state index in [0.29, 0.717) is 0 Å². The number of carbonyl (C=O) groups is 2. The monoisotopic (exact) mass is 454 g/mol. The van der Waals surface area contributed by atoms with Gasteiger partial charge in [-0.3, -0.25) is 14.9 Å². The van der Waals surface area contributed by atoms with Gasteiger partial charge in [0.2, 0.25) is 5.95 Å². The van der Waals surface area contributed by atoms with Gasteiger partial charge in [-0.25, -0.2) is 4.68 Å². The number of nitrogens with one attached hydrogen (secondary N) is 2. The van der Waals surface area contributed by atoms with E-state index in [0.717, 1.165) is 22.4 Å². The molecule has 0 aliphatic rings. The predicted molar refractivity (Wildman–Crippen MR) is 104 cm³/mol. The van der Waals surface area contributed by atoms with Crippen molar-refractivity contribution in [3.63, 3.8) is 0 Å². The van der Waals surface area contributed by atoms with Gasteiger partial charge in [0.1, 0.15) is 5.69 Å². The highest BCUT2D eigenvalue weighted by Gasteiger charge is 2.33. The summed E-state index contributed by atoms with van der Waals surface area (Å²) in [5.74, 6) is -2.37. The number of carbonyl (C=O) groups excluding carboxylic acids is 2. The second-order valence-corrected chi connectivity index (χ2v) is 6.63. The molecule has 0 spiro atoms. The summed E-state index contributed by atoms with van der Waals surface area (Å²) in [4.78, 5) is 25.1. The minimum atomic E-state index is -5.05. The third-order valence-electron chi connectivity index (χ3n) is 3.97. The van der Waals surface area contributed by atoms with Gasteiger partial charge in [0, 0.05) is 12.6 Å². The Morgan fingerprint density at radius 1 is 1.06 bits per heavy atom. The molecule has 0 radical (unpaired) electrons. The highest BCUT2D eigenvalue weighted by molar-refractivity contribution is 6.38. The summed E-state index contributed by atoms with van der Waals surface area (Å²) >= 11 is 6.19. The second kappa shape index (κ2) is 8.60. The first-order valence-electron chi connectivity index (χ1n) is 8.55. The Morgan fingerprint density at radius 3 is 2.32 bits per heavy atom. The van der Waals surface area contributed by atoms with E-state index < -0.39 is 34.6 Å². The summed E-state index contributed by atoms with van der Waals surface area (Å²) in [5, 5.41) is 14.7. The Morgan fingerprint density at radius 2 is 1.74 bits per heavy atom. The van der Waals surface area contributed by atoms with Crippen molar-refractivity contribution in [1.82, 2.24) is 20.2 Å². The number of amides is 2. The number of halogens is 4. The maximum Gasteiger partial charge on any atom is 0.573 e. The van der Waals surface area contributed by atoms with Crippen molar-refractivity contribution in [1.29, 1.82) is 0 Å². The number of aryl methyl sites for hydroxylation is 2. The zero-order valence-electron chi connectivity index (χ0n) is 16.0. The maximum atomic E-state index is 12.8. The first-order chi connectivity index (χ1) is 14.5. The van der Waals surface area contributed by atoms with E-state index in [1.54, 1.807) is 12.1 Å². The van der Waals surface area contributed by atoms with E-state index in [4.69, 9.17) is 11.6 Å². The lowest BCUT2D eigenvalue weighted by atomic mass is 10.1. The molecule has 3 rings (SSSR count). The van der Waals surface area contributed by atoms with Gasteiger partial charge in [0.25, 0.3) is 11.8 Å². The van der Waals surface area contributed by atoms with Crippen molar-refractivity contribution >= 4 is 35.1 Å². The average Bonchev–Trinajstić information content (AvgIpc) is 3.08. The van der Waals surface area contributed by atoms with Crippen molar-refractivity contribution in [2.45, 2.75) is 13.3 Å². The van der Waals surface area contributed by atoms with E-state index in [9.17, 15) is 22.8 Å². The fraction of sp³-hybridized carbons (Fsp3) is 0.167. The first kappa shape index (κ1) is 22.0. The molecule has 2 N–H and O–H groups in total. The van der Waals surface area contributed by atoms with Gasteiger partial charge in [-0.15, -0.1) is 13.2 Å². The van der Waals surface area contributed by atoms with Crippen molar-refractivity contribution < 1.29 is 27.5 Å². The second-order valence-electron chi connectivity index (χ2n) is 6.25. The summed E-state index contributed by atoms with van der Waals surface area (Å²) in [6.45, 7) is 1.81. The van der Waals surface area contributed by atoms with Crippen LogP contribution in [0.25, 0.3) is 0 Å². The zero-order chi connectivity index (χ0) is 22.8. The van der Waals surface area contributed by atoms with Crippen LogP contribution in [0.1, 0.15) is 26.3 Å². The summed E-state index contributed by atoms with van der Waals surface area (Å²) < 4.78 is 43.6. The van der Waals surface area contributed by atoms with Gasteiger partial charge in [-0.05, 0) is 41.6 Å². The third kappa shape index (κ3) is 5.28. The highest BCUT2D eigenvalue weighted by atomic mass is 35.5. The molecule has 13 heteroatoms. The number of rotatable bonds is 5. The van der Waals surface area contributed by atoms with Gasteiger partial charge in [-0.1, -0.05) is 34.4 Å². The highest BCUT2D eigenvalue weighted by Crippen LogP contribution is 2.38. The van der Waals surface area contributed by atoms with Crippen molar-refractivity contribution in [3.8, 4) is 5.75 Å². The minimum absolute atomic E-state index is 0.0260.